The minimum atomic E-state index is -0.253. The molecule has 0 atom stereocenters. The van der Waals surface area contributed by atoms with E-state index < -0.39 is 0 Å². The number of fused-ring (bicyclic) bond motifs is 1. The zero-order chi connectivity index (χ0) is 22.8. The van der Waals surface area contributed by atoms with Crippen molar-refractivity contribution in [2.24, 2.45) is 0 Å². The number of anilines is 1. The van der Waals surface area contributed by atoms with Crippen LogP contribution in [0.1, 0.15) is 21.7 Å². The number of hydrogen-bond acceptors (Lipinski definition) is 3. The summed E-state index contributed by atoms with van der Waals surface area (Å²) in [5, 5.41) is 2.86. The van der Waals surface area contributed by atoms with E-state index in [-0.39, 0.29) is 18.4 Å². The lowest BCUT2D eigenvalue weighted by Gasteiger charge is -2.17. The normalized spacial score (nSPS) is 10.9. The third-order valence-electron chi connectivity index (χ3n) is 5.27. The number of aromatic nitrogens is 2. The Morgan fingerprint density at radius 3 is 2.50 bits per heavy atom. The van der Waals surface area contributed by atoms with Crippen LogP contribution in [0.4, 0.5) is 5.69 Å². The van der Waals surface area contributed by atoms with Crippen LogP contribution in [0.5, 0.6) is 0 Å². The van der Waals surface area contributed by atoms with Gasteiger partial charge in [-0.25, -0.2) is 4.98 Å². The average molecular weight is 491 g/mol. The largest absolute Gasteiger partial charge is 0.332 e. The molecule has 1 heterocycles. The van der Waals surface area contributed by atoms with Gasteiger partial charge in [-0.2, -0.15) is 0 Å². The summed E-state index contributed by atoms with van der Waals surface area (Å²) >= 11 is 3.41. The fourth-order valence-electron chi connectivity index (χ4n) is 3.70. The number of rotatable bonds is 5. The maximum absolute atomic E-state index is 13.0. The molecule has 0 aliphatic heterocycles. The number of halogens is 1. The number of likely N-dealkylation sites (N-methyl/N-ethyl adjacent to an activating group) is 1. The lowest BCUT2D eigenvalue weighted by Crippen LogP contribution is -2.35. The number of nitrogens with one attached hydrogen (secondary N) is 1. The molecule has 4 aromatic rings. The minimum Gasteiger partial charge on any atom is -0.332 e. The Balaban J connectivity index is 1.51. The standard InChI is InChI=1S/C25H23BrN4O2/c1-16-13-19(26)10-11-21(16)28-24(31)15-29(3)25(32)18-9-12-23-22(14-18)27-17(2)30(23)20-7-5-4-6-8-20/h4-14H,15H2,1-3H3,(H,28,31). The summed E-state index contributed by atoms with van der Waals surface area (Å²) in [5.74, 6) is 0.353. The highest BCUT2D eigenvalue weighted by atomic mass is 79.9. The zero-order valence-electron chi connectivity index (χ0n) is 18.1. The summed E-state index contributed by atoms with van der Waals surface area (Å²) in [6, 6.07) is 21.0. The van der Waals surface area contributed by atoms with Gasteiger partial charge in [-0.15, -0.1) is 0 Å². The van der Waals surface area contributed by atoms with E-state index in [1.54, 1.807) is 19.2 Å². The quantitative estimate of drug-likeness (QED) is 0.422. The molecular weight excluding hydrogens is 468 g/mol. The number of amides is 2. The van der Waals surface area contributed by atoms with Gasteiger partial charge in [-0.05, 0) is 67.9 Å². The molecule has 32 heavy (non-hydrogen) atoms. The van der Waals surface area contributed by atoms with E-state index >= 15 is 0 Å². The number of benzene rings is 3. The van der Waals surface area contributed by atoms with Gasteiger partial charge >= 0.3 is 0 Å². The van der Waals surface area contributed by atoms with E-state index in [4.69, 9.17) is 0 Å². The monoisotopic (exact) mass is 490 g/mol. The molecule has 0 bridgehead atoms. The maximum atomic E-state index is 13.0. The Labute approximate surface area is 195 Å². The van der Waals surface area contributed by atoms with Gasteiger partial charge in [0.05, 0.1) is 17.6 Å². The predicted molar refractivity (Wildman–Crippen MR) is 130 cm³/mol. The summed E-state index contributed by atoms with van der Waals surface area (Å²) in [6.07, 6.45) is 0. The Bertz CT molecular complexity index is 1310. The molecule has 0 unspecified atom stereocenters. The molecule has 0 radical (unpaired) electrons. The van der Waals surface area contributed by atoms with Crippen molar-refractivity contribution >= 4 is 44.5 Å². The molecule has 1 N–H and O–H groups in total. The SMILES string of the molecule is Cc1cc(Br)ccc1NC(=O)CN(C)C(=O)c1ccc2c(c1)nc(C)n2-c1ccccc1. The van der Waals surface area contributed by atoms with Crippen molar-refractivity contribution in [3.05, 3.63) is 88.2 Å². The van der Waals surface area contributed by atoms with Gasteiger partial charge in [0.2, 0.25) is 5.91 Å². The summed E-state index contributed by atoms with van der Waals surface area (Å²) in [7, 11) is 1.62. The van der Waals surface area contributed by atoms with E-state index in [1.165, 1.54) is 4.90 Å². The third-order valence-corrected chi connectivity index (χ3v) is 5.77. The van der Waals surface area contributed by atoms with Crippen LogP contribution < -0.4 is 5.32 Å². The van der Waals surface area contributed by atoms with Crippen LogP contribution in [0.3, 0.4) is 0 Å². The summed E-state index contributed by atoms with van der Waals surface area (Å²) in [6.45, 7) is 3.81. The molecule has 2 amide bonds. The highest BCUT2D eigenvalue weighted by Gasteiger charge is 2.18. The van der Waals surface area contributed by atoms with Crippen molar-refractivity contribution in [2.75, 3.05) is 18.9 Å². The van der Waals surface area contributed by atoms with Crippen LogP contribution in [-0.2, 0) is 4.79 Å². The van der Waals surface area contributed by atoms with Crippen molar-refractivity contribution in [1.29, 1.82) is 0 Å². The molecule has 6 nitrogen and oxygen atoms in total. The van der Waals surface area contributed by atoms with Gasteiger partial charge in [-0.3, -0.25) is 14.2 Å². The van der Waals surface area contributed by atoms with Gasteiger partial charge in [0.15, 0.2) is 0 Å². The van der Waals surface area contributed by atoms with E-state index in [1.807, 2.05) is 68.4 Å². The molecule has 1 aromatic heterocycles. The highest BCUT2D eigenvalue weighted by molar-refractivity contribution is 9.10. The number of imidazole rings is 1. The van der Waals surface area contributed by atoms with Gasteiger partial charge in [-0.1, -0.05) is 34.1 Å². The fraction of sp³-hybridized carbons (Fsp3) is 0.160. The van der Waals surface area contributed by atoms with Crippen LogP contribution in [-0.4, -0.2) is 39.9 Å². The Hall–Kier alpha value is -3.45. The fourth-order valence-corrected chi connectivity index (χ4v) is 4.18. The number of para-hydroxylation sites is 1. The van der Waals surface area contributed by atoms with E-state index in [0.29, 0.717) is 5.56 Å². The van der Waals surface area contributed by atoms with Gasteiger partial charge < -0.3 is 10.2 Å². The maximum Gasteiger partial charge on any atom is 0.254 e. The number of aryl methyl sites for hydroxylation is 2. The Morgan fingerprint density at radius 1 is 1.03 bits per heavy atom. The molecule has 162 valence electrons. The van der Waals surface area contributed by atoms with Crippen molar-refractivity contribution in [3.63, 3.8) is 0 Å². The number of carbonyl (C=O) groups excluding carboxylic acids is 2. The smallest absolute Gasteiger partial charge is 0.254 e. The molecule has 0 fully saturated rings. The van der Waals surface area contributed by atoms with Crippen LogP contribution in [0.15, 0.2) is 71.2 Å². The predicted octanol–water partition coefficient (Wildman–Crippen LogP) is 5.12. The average Bonchev–Trinajstić information content (AvgIpc) is 3.10. The Morgan fingerprint density at radius 2 is 1.78 bits per heavy atom. The van der Waals surface area contributed by atoms with Crippen LogP contribution >= 0.6 is 15.9 Å². The lowest BCUT2D eigenvalue weighted by molar-refractivity contribution is -0.116. The molecule has 4 rings (SSSR count). The van der Waals surface area contributed by atoms with Crippen LogP contribution in [0.25, 0.3) is 16.7 Å². The lowest BCUT2D eigenvalue weighted by atomic mass is 10.1. The van der Waals surface area contributed by atoms with Gasteiger partial charge in [0.1, 0.15) is 5.82 Å². The minimum absolute atomic E-state index is 0.0517. The molecule has 0 saturated heterocycles. The second kappa shape index (κ2) is 8.96. The first-order valence-corrected chi connectivity index (χ1v) is 11.0. The van der Waals surface area contributed by atoms with Crippen molar-refractivity contribution < 1.29 is 9.59 Å². The zero-order valence-corrected chi connectivity index (χ0v) is 19.7. The number of hydrogen-bond donors (Lipinski definition) is 1. The first-order valence-electron chi connectivity index (χ1n) is 10.2. The van der Waals surface area contributed by atoms with Crippen molar-refractivity contribution in [1.82, 2.24) is 14.5 Å². The van der Waals surface area contributed by atoms with Crippen LogP contribution in [0, 0.1) is 13.8 Å². The Kier molecular flexibility index (Phi) is 6.10. The van der Waals surface area contributed by atoms with Gasteiger partial charge in [0, 0.05) is 28.5 Å². The molecule has 0 spiro atoms. The van der Waals surface area contributed by atoms with Gasteiger partial charge in [0.25, 0.3) is 5.91 Å². The van der Waals surface area contributed by atoms with Crippen LogP contribution in [0.2, 0.25) is 0 Å². The number of carbonyl (C=O) groups is 2. The first-order chi connectivity index (χ1) is 15.3. The summed E-state index contributed by atoms with van der Waals surface area (Å²) in [5.41, 5.74) is 4.84. The first kappa shape index (κ1) is 21.8. The van der Waals surface area contributed by atoms with Crippen molar-refractivity contribution in [3.8, 4) is 5.69 Å². The molecule has 0 aliphatic rings. The van der Waals surface area contributed by atoms with E-state index in [0.717, 1.165) is 38.3 Å². The molecule has 0 aliphatic carbocycles. The van der Waals surface area contributed by atoms with E-state index in [9.17, 15) is 9.59 Å². The molecule has 7 heteroatoms. The molecule has 0 saturated carbocycles. The van der Waals surface area contributed by atoms with Crippen molar-refractivity contribution in [2.45, 2.75) is 13.8 Å². The topological polar surface area (TPSA) is 67.2 Å². The summed E-state index contributed by atoms with van der Waals surface area (Å²) < 4.78 is 3.00. The molecular formula is C25H23BrN4O2. The molecule has 3 aromatic carbocycles. The second-order valence-electron chi connectivity index (χ2n) is 7.70. The second-order valence-corrected chi connectivity index (χ2v) is 8.62. The highest BCUT2D eigenvalue weighted by Crippen LogP contribution is 2.23. The van der Waals surface area contributed by atoms with E-state index in [2.05, 4.69) is 30.8 Å². The number of nitrogens with zero attached hydrogens (tertiary/aromatic N) is 3. The third kappa shape index (κ3) is 4.43. The summed E-state index contributed by atoms with van der Waals surface area (Å²) in [4.78, 5) is 31.5.